The quantitative estimate of drug-likeness (QED) is 0.0205. The van der Waals surface area contributed by atoms with Crippen LogP contribution in [0.5, 0.6) is 0 Å². The van der Waals surface area contributed by atoms with Crippen LogP contribution in [-0.2, 0) is 27.9 Å². The molecule has 0 aliphatic heterocycles. The number of hydrogen-bond acceptors (Lipinski definition) is 6. The predicted molar refractivity (Wildman–Crippen MR) is 378 cm³/mol. The first-order chi connectivity index (χ1) is 42.4. The SMILES string of the molecule is CC/C=C\C/C=C\C/C=C\C/C=C\C/C=C\CCCCCCCCCCCCCC(=O)OC(/C=C\CCCCCCCCCCCCC)C(COP(=O)(O)OCC[N+](C)(C)C)NC(=O)CCCCCCC/C=C\C/C=C\C/C=C\C/C=C\CCCCC. The van der Waals surface area contributed by atoms with E-state index in [2.05, 4.69) is 135 Å². The molecular formula is C77H136N2O7P+. The number of nitrogens with zero attached hydrogens (tertiary/aromatic N) is 1. The van der Waals surface area contributed by atoms with E-state index < -0.39 is 20.0 Å². The fourth-order valence-corrected chi connectivity index (χ4v) is 10.6. The highest BCUT2D eigenvalue weighted by Gasteiger charge is 2.30. The van der Waals surface area contributed by atoms with E-state index in [0.29, 0.717) is 17.4 Å². The van der Waals surface area contributed by atoms with Gasteiger partial charge in [-0.2, -0.15) is 0 Å². The Bertz CT molecular complexity index is 1900. The van der Waals surface area contributed by atoms with Crippen LogP contribution in [0, 0.1) is 0 Å². The Balaban J connectivity index is 5.14. The van der Waals surface area contributed by atoms with Crippen molar-refractivity contribution >= 4 is 19.7 Å². The maximum absolute atomic E-state index is 13.6. The summed E-state index contributed by atoms with van der Waals surface area (Å²) in [6.07, 6.45) is 92.0. The first-order valence-corrected chi connectivity index (χ1v) is 37.4. The van der Waals surface area contributed by atoms with Crippen LogP contribution in [0.4, 0.5) is 0 Å². The summed E-state index contributed by atoms with van der Waals surface area (Å²) in [4.78, 5) is 37.9. The molecule has 500 valence electrons. The number of amides is 1. The number of allylic oxidation sites excluding steroid dienone is 19. The third kappa shape index (κ3) is 66.7. The molecule has 0 aliphatic carbocycles. The average molecular weight is 1230 g/mol. The summed E-state index contributed by atoms with van der Waals surface area (Å²) in [6, 6.07) is -0.869. The summed E-state index contributed by atoms with van der Waals surface area (Å²) in [5, 5.41) is 3.06. The summed E-state index contributed by atoms with van der Waals surface area (Å²) in [5.41, 5.74) is 0. The Hall–Kier alpha value is -3.59. The van der Waals surface area contributed by atoms with Gasteiger partial charge in [0.25, 0.3) is 0 Å². The first-order valence-electron chi connectivity index (χ1n) is 35.9. The molecule has 0 aromatic carbocycles. The zero-order valence-corrected chi connectivity index (χ0v) is 58.1. The molecule has 0 rings (SSSR count). The molecule has 0 spiro atoms. The van der Waals surface area contributed by atoms with Gasteiger partial charge in [-0.05, 0) is 122 Å². The number of unbranched alkanes of at least 4 members (excludes halogenated alkanes) is 30. The lowest BCUT2D eigenvalue weighted by Gasteiger charge is -2.27. The van der Waals surface area contributed by atoms with E-state index in [4.69, 9.17) is 13.8 Å². The minimum Gasteiger partial charge on any atom is -0.456 e. The third-order valence-electron chi connectivity index (χ3n) is 15.4. The summed E-state index contributed by atoms with van der Waals surface area (Å²) >= 11 is 0. The molecule has 10 heteroatoms. The Morgan fingerprint density at radius 1 is 0.414 bits per heavy atom. The highest BCUT2D eigenvalue weighted by Crippen LogP contribution is 2.43. The molecule has 0 bridgehead atoms. The molecule has 0 aliphatic rings. The molecule has 0 saturated carbocycles. The number of nitrogens with one attached hydrogen (secondary N) is 1. The number of quaternary nitrogens is 1. The second kappa shape index (κ2) is 65.4. The zero-order valence-electron chi connectivity index (χ0n) is 57.2. The molecule has 9 nitrogen and oxygen atoms in total. The van der Waals surface area contributed by atoms with E-state index in [-0.39, 0.29) is 31.5 Å². The van der Waals surface area contributed by atoms with Crippen molar-refractivity contribution in [3.05, 3.63) is 122 Å². The van der Waals surface area contributed by atoms with E-state index in [1.165, 1.54) is 141 Å². The maximum atomic E-state index is 13.6. The van der Waals surface area contributed by atoms with E-state index in [1.807, 2.05) is 33.3 Å². The number of esters is 1. The third-order valence-corrected chi connectivity index (χ3v) is 16.4. The minimum atomic E-state index is -4.47. The van der Waals surface area contributed by atoms with Gasteiger partial charge in [-0.3, -0.25) is 18.6 Å². The van der Waals surface area contributed by atoms with Crippen molar-refractivity contribution in [2.45, 2.75) is 315 Å². The summed E-state index contributed by atoms with van der Waals surface area (Å²) in [7, 11) is 1.47. The number of carbonyl (C=O) groups is 2. The maximum Gasteiger partial charge on any atom is 0.472 e. The van der Waals surface area contributed by atoms with Gasteiger partial charge in [0.2, 0.25) is 5.91 Å². The van der Waals surface area contributed by atoms with Crippen molar-refractivity contribution in [1.82, 2.24) is 5.32 Å². The Kier molecular flexibility index (Phi) is 62.7. The van der Waals surface area contributed by atoms with Crippen LogP contribution < -0.4 is 5.32 Å². The number of phosphoric ester groups is 1. The topological polar surface area (TPSA) is 111 Å². The second-order valence-electron chi connectivity index (χ2n) is 25.0. The van der Waals surface area contributed by atoms with E-state index in [1.54, 1.807) is 0 Å². The van der Waals surface area contributed by atoms with Crippen molar-refractivity contribution < 1.29 is 37.3 Å². The van der Waals surface area contributed by atoms with Gasteiger partial charge in [-0.15, -0.1) is 0 Å². The Morgan fingerprint density at radius 3 is 1.13 bits per heavy atom. The van der Waals surface area contributed by atoms with Crippen LogP contribution in [0.2, 0.25) is 0 Å². The summed E-state index contributed by atoms with van der Waals surface area (Å²) in [5.74, 6) is -0.530. The van der Waals surface area contributed by atoms with E-state index in [9.17, 15) is 19.0 Å². The number of carbonyl (C=O) groups excluding carboxylic acids is 2. The Morgan fingerprint density at radius 2 is 0.736 bits per heavy atom. The number of likely N-dealkylation sites (N-methyl/N-ethyl adjacent to an activating group) is 1. The van der Waals surface area contributed by atoms with E-state index >= 15 is 0 Å². The number of phosphoric acid groups is 1. The molecule has 3 unspecified atom stereocenters. The van der Waals surface area contributed by atoms with Gasteiger partial charge in [0.15, 0.2) is 0 Å². The minimum absolute atomic E-state index is 0.0304. The second-order valence-corrected chi connectivity index (χ2v) is 26.5. The smallest absolute Gasteiger partial charge is 0.456 e. The monoisotopic (exact) mass is 1230 g/mol. The molecule has 0 radical (unpaired) electrons. The molecule has 3 atom stereocenters. The normalized spacial score (nSPS) is 14.2. The van der Waals surface area contributed by atoms with E-state index in [0.717, 1.165) is 128 Å². The molecule has 0 fully saturated rings. The zero-order chi connectivity index (χ0) is 63.5. The highest BCUT2D eigenvalue weighted by atomic mass is 31.2. The molecule has 0 heterocycles. The van der Waals surface area contributed by atoms with Crippen LogP contribution in [0.15, 0.2) is 122 Å². The fourth-order valence-electron chi connectivity index (χ4n) is 9.89. The largest absolute Gasteiger partial charge is 0.472 e. The van der Waals surface area contributed by atoms with Crippen LogP contribution in [0.1, 0.15) is 303 Å². The molecular weight excluding hydrogens is 1100 g/mol. The number of ether oxygens (including phenoxy) is 1. The van der Waals surface area contributed by atoms with Crippen molar-refractivity contribution in [2.75, 3.05) is 40.9 Å². The van der Waals surface area contributed by atoms with Gasteiger partial charge in [-0.1, -0.05) is 290 Å². The van der Waals surface area contributed by atoms with Crippen LogP contribution in [0.3, 0.4) is 0 Å². The van der Waals surface area contributed by atoms with Gasteiger partial charge >= 0.3 is 13.8 Å². The molecule has 2 N–H and O–H groups in total. The highest BCUT2D eigenvalue weighted by molar-refractivity contribution is 7.47. The fraction of sp³-hybridized carbons (Fsp3) is 0.714. The molecule has 0 aromatic rings. The molecule has 0 saturated heterocycles. The summed E-state index contributed by atoms with van der Waals surface area (Å²) < 4.78 is 30.8. The lowest BCUT2D eigenvalue weighted by molar-refractivity contribution is -0.870. The van der Waals surface area contributed by atoms with Gasteiger partial charge < -0.3 is 19.4 Å². The van der Waals surface area contributed by atoms with Gasteiger partial charge in [0, 0.05) is 12.8 Å². The van der Waals surface area contributed by atoms with Crippen molar-refractivity contribution in [3.8, 4) is 0 Å². The molecule has 0 aromatic heterocycles. The van der Waals surface area contributed by atoms with Crippen LogP contribution in [-0.4, -0.2) is 74.3 Å². The first kappa shape index (κ1) is 83.4. The average Bonchev–Trinajstić information content (AvgIpc) is 3.70. The van der Waals surface area contributed by atoms with Crippen molar-refractivity contribution in [2.24, 2.45) is 0 Å². The predicted octanol–water partition coefficient (Wildman–Crippen LogP) is 23.0. The van der Waals surface area contributed by atoms with Crippen molar-refractivity contribution in [3.63, 3.8) is 0 Å². The van der Waals surface area contributed by atoms with Crippen LogP contribution in [0.25, 0.3) is 0 Å². The lowest BCUT2D eigenvalue weighted by Crippen LogP contribution is -2.47. The van der Waals surface area contributed by atoms with Gasteiger partial charge in [0.1, 0.15) is 19.3 Å². The summed E-state index contributed by atoms with van der Waals surface area (Å²) in [6.45, 7) is 6.87. The van der Waals surface area contributed by atoms with Gasteiger partial charge in [0.05, 0.1) is 33.8 Å². The lowest BCUT2D eigenvalue weighted by atomic mass is 10.0. The number of rotatable bonds is 64. The Labute approximate surface area is 537 Å². The standard InChI is InChI=1S/C77H135N2O7P/c1-7-10-13-16-19-22-25-28-30-32-34-36-37-38-39-40-41-43-45-47-49-52-55-58-61-64-67-70-77(81)86-75(68-65-62-59-56-53-50-27-24-21-18-15-12-9-3)74(73-85-87(82,83)84-72-71-79(4,5)6)78-76(80)69-66-63-60-57-54-51-48-46-44-42-35-33-31-29-26-23-20-17-14-11-8-2/h10,13,19-20,22-23,28-31,34-36,38-39,42,46,48,65,68,74-75H,7-9,11-12,14-18,21,24-27,32-33,37,40-41,43-45,47,49-64,66-67,69-73H2,1-6H3,(H-,78,80,82,83)/p+1/b13-10-,22-19-,23-20-,30-28-,31-29-,36-34-,39-38-,42-35-,48-46-,68-65-. The van der Waals surface area contributed by atoms with Crippen molar-refractivity contribution in [1.29, 1.82) is 0 Å². The number of hydrogen-bond donors (Lipinski definition) is 2. The van der Waals surface area contributed by atoms with Gasteiger partial charge in [-0.25, -0.2) is 4.57 Å². The van der Waals surface area contributed by atoms with Crippen LogP contribution >= 0.6 is 7.82 Å². The molecule has 1 amide bonds. The molecule has 87 heavy (non-hydrogen) atoms.